The van der Waals surface area contributed by atoms with Crippen LogP contribution in [0.3, 0.4) is 0 Å². The maximum absolute atomic E-state index is 10.8. The third kappa shape index (κ3) is 3.40. The van der Waals surface area contributed by atoms with E-state index in [9.17, 15) is 4.79 Å². The molecule has 0 aliphatic rings. The quantitative estimate of drug-likeness (QED) is 0.848. The second-order valence-corrected chi connectivity index (χ2v) is 4.95. The van der Waals surface area contributed by atoms with Crippen LogP contribution in [0.5, 0.6) is 0 Å². The summed E-state index contributed by atoms with van der Waals surface area (Å²) < 4.78 is 1.03. The van der Waals surface area contributed by atoms with Crippen molar-refractivity contribution in [1.82, 2.24) is 0 Å². The van der Waals surface area contributed by atoms with Gasteiger partial charge in [-0.3, -0.25) is 4.79 Å². The molecule has 0 radical (unpaired) electrons. The Morgan fingerprint density at radius 1 is 1.46 bits per heavy atom. The largest absolute Gasteiger partial charge is 0.369 e. The van der Waals surface area contributed by atoms with Crippen molar-refractivity contribution in [3.63, 3.8) is 0 Å². The molecule has 1 unspecified atom stereocenters. The van der Waals surface area contributed by atoms with Crippen molar-refractivity contribution in [2.75, 3.05) is 0 Å². The molecule has 2 N–H and O–H groups in total. The molecule has 0 bridgehead atoms. The third-order valence-corrected chi connectivity index (χ3v) is 3.19. The van der Waals surface area contributed by atoms with Crippen LogP contribution >= 0.6 is 27.7 Å². The first-order valence-electron chi connectivity index (χ1n) is 3.81. The van der Waals surface area contributed by atoms with Crippen molar-refractivity contribution >= 4 is 33.6 Å². The molecule has 0 aromatic heterocycles. The molecule has 4 heteroatoms. The van der Waals surface area contributed by atoms with Gasteiger partial charge >= 0.3 is 0 Å². The molecule has 1 amide bonds. The molecule has 1 aromatic carbocycles. The van der Waals surface area contributed by atoms with E-state index in [4.69, 9.17) is 5.73 Å². The number of amides is 1. The first-order chi connectivity index (χ1) is 6.09. The van der Waals surface area contributed by atoms with E-state index in [-0.39, 0.29) is 11.2 Å². The smallest absolute Gasteiger partial charge is 0.230 e. The van der Waals surface area contributed by atoms with Crippen molar-refractivity contribution in [2.45, 2.75) is 17.1 Å². The van der Waals surface area contributed by atoms with Crippen molar-refractivity contribution in [3.05, 3.63) is 28.7 Å². The van der Waals surface area contributed by atoms with Crippen LogP contribution in [0.15, 0.2) is 33.6 Å². The van der Waals surface area contributed by atoms with Crippen LogP contribution in [0.2, 0.25) is 0 Å². The molecule has 0 aliphatic carbocycles. The summed E-state index contributed by atoms with van der Waals surface area (Å²) in [5.41, 5.74) is 5.14. The Bertz CT molecular complexity index is 299. The Labute approximate surface area is 90.0 Å². The van der Waals surface area contributed by atoms with E-state index >= 15 is 0 Å². The average Bonchev–Trinajstić information content (AvgIpc) is 2.08. The lowest BCUT2D eigenvalue weighted by Crippen LogP contribution is -2.22. The second kappa shape index (κ2) is 4.67. The van der Waals surface area contributed by atoms with Crippen LogP contribution in [0, 0.1) is 0 Å². The second-order valence-electron chi connectivity index (χ2n) is 2.62. The standard InChI is InChI=1S/C9H10BrNOS/c1-6(9(11)12)13-8-4-2-7(10)3-5-8/h2-6H,1H3,(H2,11,12). The Morgan fingerprint density at radius 2 is 2.00 bits per heavy atom. The van der Waals surface area contributed by atoms with Crippen molar-refractivity contribution in [2.24, 2.45) is 5.73 Å². The lowest BCUT2D eigenvalue weighted by molar-refractivity contribution is -0.117. The molecule has 0 heterocycles. The van der Waals surface area contributed by atoms with Crippen LogP contribution in [-0.4, -0.2) is 11.2 Å². The van der Waals surface area contributed by atoms with Gasteiger partial charge in [0.15, 0.2) is 0 Å². The fourth-order valence-electron chi connectivity index (χ4n) is 0.775. The molecule has 1 rings (SSSR count). The summed E-state index contributed by atoms with van der Waals surface area (Å²) in [6, 6.07) is 7.79. The van der Waals surface area contributed by atoms with Crippen LogP contribution in [0.4, 0.5) is 0 Å². The number of thioether (sulfide) groups is 1. The zero-order valence-electron chi connectivity index (χ0n) is 7.16. The molecule has 70 valence electrons. The molecule has 0 fully saturated rings. The van der Waals surface area contributed by atoms with Crippen LogP contribution in [0.1, 0.15) is 6.92 Å². The zero-order chi connectivity index (χ0) is 9.84. The molecule has 1 aromatic rings. The first-order valence-corrected chi connectivity index (χ1v) is 5.48. The first kappa shape index (κ1) is 10.6. The van der Waals surface area contributed by atoms with Gasteiger partial charge in [0.2, 0.25) is 5.91 Å². The third-order valence-electron chi connectivity index (χ3n) is 1.53. The SMILES string of the molecule is CC(Sc1ccc(Br)cc1)C(N)=O. The minimum atomic E-state index is -0.284. The lowest BCUT2D eigenvalue weighted by Gasteiger charge is -2.06. The van der Waals surface area contributed by atoms with Gasteiger partial charge in [-0.05, 0) is 31.2 Å². The minimum Gasteiger partial charge on any atom is -0.369 e. The van der Waals surface area contributed by atoms with E-state index in [1.54, 1.807) is 6.92 Å². The average molecular weight is 260 g/mol. The zero-order valence-corrected chi connectivity index (χ0v) is 9.56. The van der Waals surface area contributed by atoms with Crippen molar-refractivity contribution in [1.29, 1.82) is 0 Å². The van der Waals surface area contributed by atoms with E-state index in [2.05, 4.69) is 15.9 Å². The topological polar surface area (TPSA) is 43.1 Å². The number of hydrogen-bond acceptors (Lipinski definition) is 2. The van der Waals surface area contributed by atoms with E-state index in [1.165, 1.54) is 11.8 Å². The fourth-order valence-corrected chi connectivity index (χ4v) is 1.86. The van der Waals surface area contributed by atoms with Gasteiger partial charge in [0.1, 0.15) is 0 Å². The number of primary amides is 1. The highest BCUT2D eigenvalue weighted by Gasteiger charge is 2.09. The molecular formula is C9H10BrNOS. The predicted octanol–water partition coefficient (Wildman–Crippen LogP) is 2.42. The highest BCUT2D eigenvalue weighted by molar-refractivity contribution is 9.10. The van der Waals surface area contributed by atoms with Gasteiger partial charge in [-0.2, -0.15) is 0 Å². The van der Waals surface area contributed by atoms with Crippen LogP contribution < -0.4 is 5.73 Å². The van der Waals surface area contributed by atoms with Gasteiger partial charge in [0.05, 0.1) is 5.25 Å². The summed E-state index contributed by atoms with van der Waals surface area (Å²) >= 11 is 4.80. The maximum Gasteiger partial charge on any atom is 0.230 e. The summed E-state index contributed by atoms with van der Waals surface area (Å²) in [4.78, 5) is 11.8. The molecule has 0 saturated heterocycles. The minimum absolute atomic E-state index is 0.179. The molecular weight excluding hydrogens is 250 g/mol. The highest BCUT2D eigenvalue weighted by atomic mass is 79.9. The fraction of sp³-hybridized carbons (Fsp3) is 0.222. The number of carbonyl (C=O) groups is 1. The number of hydrogen-bond donors (Lipinski definition) is 1. The number of halogens is 1. The summed E-state index contributed by atoms with van der Waals surface area (Å²) in [7, 11) is 0. The molecule has 0 spiro atoms. The number of carbonyl (C=O) groups excluding carboxylic acids is 1. The Morgan fingerprint density at radius 3 is 2.46 bits per heavy atom. The molecule has 0 aliphatic heterocycles. The van der Waals surface area contributed by atoms with E-state index in [0.29, 0.717) is 0 Å². The number of rotatable bonds is 3. The number of nitrogens with two attached hydrogens (primary N) is 1. The Balaban J connectivity index is 2.64. The highest BCUT2D eigenvalue weighted by Crippen LogP contribution is 2.24. The summed E-state index contributed by atoms with van der Waals surface area (Å²) in [5.74, 6) is -0.284. The van der Waals surface area contributed by atoms with E-state index in [1.807, 2.05) is 24.3 Å². The molecule has 2 nitrogen and oxygen atoms in total. The Kier molecular flexibility index (Phi) is 3.81. The monoisotopic (exact) mass is 259 g/mol. The number of benzene rings is 1. The van der Waals surface area contributed by atoms with Crippen LogP contribution in [-0.2, 0) is 4.79 Å². The van der Waals surface area contributed by atoms with Crippen LogP contribution in [0.25, 0.3) is 0 Å². The summed E-state index contributed by atoms with van der Waals surface area (Å²) in [5, 5.41) is -0.179. The summed E-state index contributed by atoms with van der Waals surface area (Å²) in [6.07, 6.45) is 0. The van der Waals surface area contributed by atoms with Gasteiger partial charge < -0.3 is 5.73 Å². The van der Waals surface area contributed by atoms with Gasteiger partial charge in [0, 0.05) is 9.37 Å². The lowest BCUT2D eigenvalue weighted by atomic mass is 10.4. The molecule has 0 saturated carbocycles. The maximum atomic E-state index is 10.8. The predicted molar refractivity (Wildman–Crippen MR) is 58.7 cm³/mol. The van der Waals surface area contributed by atoms with Gasteiger partial charge in [-0.25, -0.2) is 0 Å². The summed E-state index contributed by atoms with van der Waals surface area (Å²) in [6.45, 7) is 1.80. The van der Waals surface area contributed by atoms with Gasteiger partial charge in [-0.15, -0.1) is 11.8 Å². The Hall–Kier alpha value is -0.480. The van der Waals surface area contributed by atoms with Gasteiger partial charge in [-0.1, -0.05) is 15.9 Å². The molecule has 1 atom stereocenters. The van der Waals surface area contributed by atoms with E-state index < -0.39 is 0 Å². The van der Waals surface area contributed by atoms with Crippen molar-refractivity contribution in [3.8, 4) is 0 Å². The van der Waals surface area contributed by atoms with Gasteiger partial charge in [0.25, 0.3) is 0 Å². The molecule has 13 heavy (non-hydrogen) atoms. The normalized spacial score (nSPS) is 12.5. The van der Waals surface area contributed by atoms with E-state index in [0.717, 1.165) is 9.37 Å². The van der Waals surface area contributed by atoms with Crippen molar-refractivity contribution < 1.29 is 4.79 Å².